The summed E-state index contributed by atoms with van der Waals surface area (Å²) < 4.78 is 5.19. The Kier molecular flexibility index (Phi) is 8.09. The summed E-state index contributed by atoms with van der Waals surface area (Å²) in [6, 6.07) is 28.4. The second-order valence-corrected chi connectivity index (χ2v) is 8.32. The van der Waals surface area contributed by atoms with E-state index < -0.39 is 6.10 Å². The number of carbonyl (C=O) groups excluding carboxylic acids is 1. The van der Waals surface area contributed by atoms with E-state index in [1.807, 2.05) is 60.7 Å². The summed E-state index contributed by atoms with van der Waals surface area (Å²) >= 11 is 0. The number of aliphatic hydroxyl groups excluding tert-OH is 1. The predicted molar refractivity (Wildman–Crippen MR) is 131 cm³/mol. The van der Waals surface area contributed by atoms with Crippen molar-refractivity contribution < 1.29 is 14.6 Å². The number of nitrogens with one attached hydrogen (secondary N) is 1. The van der Waals surface area contributed by atoms with Crippen molar-refractivity contribution in [2.45, 2.75) is 19.2 Å². The molecule has 1 fully saturated rings. The van der Waals surface area contributed by atoms with Crippen LogP contribution in [0.4, 0.5) is 11.4 Å². The summed E-state index contributed by atoms with van der Waals surface area (Å²) in [6.45, 7) is 3.80. The zero-order chi connectivity index (χ0) is 22.9. The molecule has 1 amide bonds. The Labute approximate surface area is 195 Å². The highest BCUT2D eigenvalue weighted by atomic mass is 16.5. The van der Waals surface area contributed by atoms with Crippen molar-refractivity contribution in [3.05, 3.63) is 96.1 Å². The topological polar surface area (TPSA) is 65.0 Å². The lowest BCUT2D eigenvalue weighted by molar-refractivity contribution is -0.125. The Morgan fingerprint density at radius 2 is 1.52 bits per heavy atom. The van der Waals surface area contributed by atoms with Crippen LogP contribution in [0.15, 0.2) is 84.9 Å². The van der Waals surface area contributed by atoms with Crippen LogP contribution in [0.3, 0.4) is 0 Å². The normalized spacial score (nSPS) is 15.0. The maximum atomic E-state index is 12.0. The third-order valence-electron chi connectivity index (χ3n) is 5.67. The highest BCUT2D eigenvalue weighted by Crippen LogP contribution is 2.20. The van der Waals surface area contributed by atoms with Gasteiger partial charge in [0, 0.05) is 44.1 Å². The van der Waals surface area contributed by atoms with Crippen LogP contribution in [0.1, 0.15) is 11.1 Å². The van der Waals surface area contributed by atoms with Gasteiger partial charge in [-0.15, -0.1) is 0 Å². The van der Waals surface area contributed by atoms with Gasteiger partial charge in [-0.3, -0.25) is 9.69 Å². The van der Waals surface area contributed by atoms with E-state index in [0.29, 0.717) is 26.2 Å². The predicted octanol–water partition coefficient (Wildman–Crippen LogP) is 3.53. The van der Waals surface area contributed by atoms with Crippen LogP contribution < -0.4 is 10.2 Å². The number of hydrogen-bond donors (Lipinski definition) is 2. The van der Waals surface area contributed by atoms with Gasteiger partial charge in [-0.2, -0.15) is 0 Å². The molecule has 1 atom stereocenters. The van der Waals surface area contributed by atoms with E-state index in [0.717, 1.165) is 24.5 Å². The van der Waals surface area contributed by atoms with Crippen molar-refractivity contribution in [2.75, 3.05) is 43.1 Å². The number of rotatable bonds is 10. The molecular formula is C27H31N3O3. The van der Waals surface area contributed by atoms with Gasteiger partial charge in [0.05, 0.1) is 12.7 Å². The molecule has 0 spiro atoms. The Balaban J connectivity index is 1.32. The number of anilines is 2. The van der Waals surface area contributed by atoms with E-state index in [9.17, 15) is 9.90 Å². The van der Waals surface area contributed by atoms with Gasteiger partial charge in [-0.25, -0.2) is 0 Å². The number of ether oxygens (including phenoxy) is 1. The zero-order valence-electron chi connectivity index (χ0n) is 18.8. The molecule has 0 aromatic heterocycles. The quantitative estimate of drug-likeness (QED) is 0.500. The summed E-state index contributed by atoms with van der Waals surface area (Å²) in [7, 11) is 0. The highest BCUT2D eigenvalue weighted by molar-refractivity contribution is 5.95. The van der Waals surface area contributed by atoms with Crippen molar-refractivity contribution in [1.82, 2.24) is 4.90 Å². The minimum absolute atomic E-state index is 0.0192. The first-order chi connectivity index (χ1) is 16.2. The monoisotopic (exact) mass is 445 g/mol. The lowest BCUT2D eigenvalue weighted by Gasteiger charge is -2.27. The third kappa shape index (κ3) is 6.89. The fourth-order valence-corrected chi connectivity index (χ4v) is 4.02. The van der Waals surface area contributed by atoms with Gasteiger partial charge in [0.25, 0.3) is 5.91 Å². The number of benzene rings is 3. The molecule has 4 rings (SSSR count). The molecule has 2 N–H and O–H groups in total. The maximum absolute atomic E-state index is 12.0. The van der Waals surface area contributed by atoms with Gasteiger partial charge in [0.15, 0.2) is 0 Å². The van der Waals surface area contributed by atoms with Crippen LogP contribution in [0.25, 0.3) is 0 Å². The smallest absolute Gasteiger partial charge is 0.253 e. The zero-order valence-corrected chi connectivity index (χ0v) is 18.8. The minimum Gasteiger partial charge on any atom is -0.390 e. The van der Waals surface area contributed by atoms with Crippen molar-refractivity contribution in [1.29, 1.82) is 0 Å². The van der Waals surface area contributed by atoms with Gasteiger partial charge < -0.3 is 20.1 Å². The fraction of sp³-hybridized carbons (Fsp3) is 0.296. The van der Waals surface area contributed by atoms with E-state index in [2.05, 4.69) is 34.5 Å². The Bertz CT molecular complexity index is 955. The molecule has 0 unspecified atom stereocenters. The lowest BCUT2D eigenvalue weighted by Crippen LogP contribution is -2.41. The van der Waals surface area contributed by atoms with Crippen LogP contribution in [-0.4, -0.2) is 54.9 Å². The van der Waals surface area contributed by atoms with Gasteiger partial charge in [0.2, 0.25) is 0 Å². The van der Waals surface area contributed by atoms with E-state index in [1.54, 1.807) is 4.90 Å². The number of carbonyl (C=O) groups is 1. The summed E-state index contributed by atoms with van der Waals surface area (Å²) in [6.07, 6.45) is -0.530. The first-order valence-corrected chi connectivity index (χ1v) is 11.4. The molecule has 0 saturated carbocycles. The average Bonchev–Trinajstić information content (AvgIpc) is 2.85. The largest absolute Gasteiger partial charge is 0.390 e. The number of nitrogens with zero attached hydrogens (tertiary/aromatic N) is 2. The molecule has 1 aliphatic rings. The van der Waals surface area contributed by atoms with E-state index >= 15 is 0 Å². The molecule has 3 aromatic rings. The molecule has 1 aliphatic heterocycles. The number of amides is 1. The summed E-state index contributed by atoms with van der Waals surface area (Å²) in [5.74, 6) is -0.0192. The minimum atomic E-state index is -0.530. The lowest BCUT2D eigenvalue weighted by atomic mass is 10.1. The first-order valence-electron chi connectivity index (χ1n) is 11.4. The molecule has 33 heavy (non-hydrogen) atoms. The fourth-order valence-electron chi connectivity index (χ4n) is 4.02. The second-order valence-electron chi connectivity index (χ2n) is 8.32. The summed E-state index contributed by atoms with van der Waals surface area (Å²) in [5, 5.41) is 14.1. The van der Waals surface area contributed by atoms with Crippen molar-refractivity contribution in [2.24, 2.45) is 0 Å². The molecule has 0 aliphatic carbocycles. The van der Waals surface area contributed by atoms with E-state index in [-0.39, 0.29) is 12.5 Å². The van der Waals surface area contributed by atoms with Crippen molar-refractivity contribution >= 4 is 17.3 Å². The van der Waals surface area contributed by atoms with Gasteiger partial charge in [-0.05, 0) is 35.4 Å². The SMILES string of the molecule is O=C1COCCN1c1ccc(NC[C@H](O)CN(Cc2ccccc2)Cc2ccccc2)cc1. The molecule has 172 valence electrons. The molecule has 0 bridgehead atoms. The van der Waals surface area contributed by atoms with E-state index in [4.69, 9.17) is 4.74 Å². The van der Waals surface area contributed by atoms with Gasteiger partial charge in [0.1, 0.15) is 6.61 Å². The summed E-state index contributed by atoms with van der Waals surface area (Å²) in [4.78, 5) is 16.0. The van der Waals surface area contributed by atoms with Crippen LogP contribution in [0, 0.1) is 0 Å². The van der Waals surface area contributed by atoms with Crippen molar-refractivity contribution in [3.8, 4) is 0 Å². The van der Waals surface area contributed by atoms with Crippen LogP contribution in [0.5, 0.6) is 0 Å². The standard InChI is InChI=1S/C27H31N3O3/c31-26(17-28-24-11-13-25(14-12-24)30-15-16-33-21-27(30)32)20-29(18-22-7-3-1-4-8-22)19-23-9-5-2-6-10-23/h1-14,26,28,31H,15-21H2/t26-/m0/s1. The molecule has 1 heterocycles. The van der Waals surface area contributed by atoms with Crippen LogP contribution in [0.2, 0.25) is 0 Å². The number of morpholine rings is 1. The molecule has 6 nitrogen and oxygen atoms in total. The highest BCUT2D eigenvalue weighted by Gasteiger charge is 2.20. The molecular weight excluding hydrogens is 414 g/mol. The average molecular weight is 446 g/mol. The Morgan fingerprint density at radius 3 is 2.09 bits per heavy atom. The maximum Gasteiger partial charge on any atom is 0.253 e. The molecule has 6 heteroatoms. The molecule has 0 radical (unpaired) electrons. The van der Waals surface area contributed by atoms with Crippen LogP contribution in [-0.2, 0) is 22.6 Å². The summed E-state index contributed by atoms with van der Waals surface area (Å²) in [5.41, 5.74) is 4.23. The van der Waals surface area contributed by atoms with Gasteiger partial charge >= 0.3 is 0 Å². The first kappa shape index (κ1) is 23.0. The molecule has 3 aromatic carbocycles. The number of aliphatic hydroxyl groups is 1. The van der Waals surface area contributed by atoms with Gasteiger partial charge in [-0.1, -0.05) is 60.7 Å². The van der Waals surface area contributed by atoms with Crippen LogP contribution >= 0.6 is 0 Å². The molecule has 1 saturated heterocycles. The van der Waals surface area contributed by atoms with E-state index in [1.165, 1.54) is 11.1 Å². The third-order valence-corrected chi connectivity index (χ3v) is 5.67. The number of hydrogen-bond acceptors (Lipinski definition) is 5. The Hall–Kier alpha value is -3.19. The van der Waals surface area contributed by atoms with Crippen molar-refractivity contribution in [3.63, 3.8) is 0 Å². The second kappa shape index (κ2) is 11.6. The Morgan fingerprint density at radius 1 is 0.909 bits per heavy atom.